The largest absolute Gasteiger partial charge is 0.379 e. The molecule has 1 atom stereocenters. The van der Waals surface area contributed by atoms with Crippen molar-refractivity contribution in [1.82, 2.24) is 9.80 Å². The minimum absolute atomic E-state index is 0.0706. The SMILES string of the molecule is N#Cc1ccc([C@H]2SCC(=O)N2CCN2CCOCC2)cc1. The maximum atomic E-state index is 12.2. The van der Waals surface area contributed by atoms with Crippen LogP contribution in [0.4, 0.5) is 0 Å². The summed E-state index contributed by atoms with van der Waals surface area (Å²) in [4.78, 5) is 16.5. The molecule has 6 heteroatoms. The zero-order valence-electron chi connectivity index (χ0n) is 12.4. The molecule has 0 aromatic heterocycles. The van der Waals surface area contributed by atoms with E-state index in [9.17, 15) is 4.79 Å². The molecule has 116 valence electrons. The topological polar surface area (TPSA) is 56.6 Å². The van der Waals surface area contributed by atoms with Gasteiger partial charge in [0.05, 0.1) is 30.6 Å². The van der Waals surface area contributed by atoms with Gasteiger partial charge >= 0.3 is 0 Å². The summed E-state index contributed by atoms with van der Waals surface area (Å²) in [5, 5.41) is 8.95. The van der Waals surface area contributed by atoms with Crippen LogP contribution in [0.2, 0.25) is 0 Å². The molecule has 2 saturated heterocycles. The molecule has 1 aromatic rings. The van der Waals surface area contributed by atoms with E-state index < -0.39 is 0 Å². The number of hydrogen-bond acceptors (Lipinski definition) is 5. The first-order valence-corrected chi connectivity index (χ1v) is 8.54. The first kappa shape index (κ1) is 15.3. The highest BCUT2D eigenvalue weighted by molar-refractivity contribution is 8.00. The van der Waals surface area contributed by atoms with E-state index in [1.807, 2.05) is 29.2 Å². The fraction of sp³-hybridized carbons (Fsp3) is 0.500. The molecule has 22 heavy (non-hydrogen) atoms. The van der Waals surface area contributed by atoms with Gasteiger partial charge in [0, 0.05) is 26.2 Å². The Bertz CT molecular complexity index is 564. The maximum absolute atomic E-state index is 12.2. The van der Waals surface area contributed by atoms with Crippen LogP contribution in [0.3, 0.4) is 0 Å². The van der Waals surface area contributed by atoms with Crippen LogP contribution in [-0.2, 0) is 9.53 Å². The van der Waals surface area contributed by atoms with E-state index in [1.165, 1.54) is 0 Å². The first-order chi connectivity index (χ1) is 10.8. The number of nitriles is 1. The van der Waals surface area contributed by atoms with Gasteiger partial charge in [-0.3, -0.25) is 9.69 Å². The van der Waals surface area contributed by atoms with Gasteiger partial charge in [-0.15, -0.1) is 11.8 Å². The van der Waals surface area contributed by atoms with Crippen molar-refractivity contribution in [2.45, 2.75) is 5.37 Å². The maximum Gasteiger partial charge on any atom is 0.233 e. The van der Waals surface area contributed by atoms with Crippen LogP contribution >= 0.6 is 11.8 Å². The molecule has 0 bridgehead atoms. The molecular formula is C16H19N3O2S. The predicted octanol–water partition coefficient (Wildman–Crippen LogP) is 1.46. The third-order valence-electron chi connectivity index (χ3n) is 4.05. The average molecular weight is 317 g/mol. The minimum atomic E-state index is 0.0706. The van der Waals surface area contributed by atoms with Crippen molar-refractivity contribution < 1.29 is 9.53 Å². The molecule has 2 heterocycles. The Kier molecular flexibility index (Phi) is 4.98. The molecule has 2 aliphatic rings. The van der Waals surface area contributed by atoms with E-state index >= 15 is 0 Å². The molecule has 0 spiro atoms. The molecule has 0 saturated carbocycles. The number of hydrogen-bond donors (Lipinski definition) is 0. The van der Waals surface area contributed by atoms with E-state index in [1.54, 1.807) is 11.8 Å². The Morgan fingerprint density at radius 2 is 1.95 bits per heavy atom. The first-order valence-electron chi connectivity index (χ1n) is 7.49. The molecule has 5 nitrogen and oxygen atoms in total. The third kappa shape index (κ3) is 3.43. The van der Waals surface area contributed by atoms with Gasteiger partial charge in [-0.25, -0.2) is 0 Å². The zero-order valence-corrected chi connectivity index (χ0v) is 13.2. The molecule has 3 rings (SSSR count). The second kappa shape index (κ2) is 7.14. The van der Waals surface area contributed by atoms with E-state index in [0.29, 0.717) is 11.3 Å². The monoisotopic (exact) mass is 317 g/mol. The number of carbonyl (C=O) groups excluding carboxylic acids is 1. The number of carbonyl (C=O) groups is 1. The van der Waals surface area contributed by atoms with Crippen molar-refractivity contribution in [3.05, 3.63) is 35.4 Å². The van der Waals surface area contributed by atoms with Gasteiger partial charge in [-0.1, -0.05) is 12.1 Å². The Hall–Kier alpha value is -1.55. The fourth-order valence-corrected chi connectivity index (χ4v) is 3.99. The zero-order chi connectivity index (χ0) is 15.4. The van der Waals surface area contributed by atoms with Gasteiger partial charge in [0.1, 0.15) is 5.37 Å². The second-order valence-corrected chi connectivity index (χ2v) is 6.51. The van der Waals surface area contributed by atoms with Gasteiger partial charge in [0.25, 0.3) is 0 Å². The van der Waals surface area contributed by atoms with Crippen molar-refractivity contribution in [3.63, 3.8) is 0 Å². The van der Waals surface area contributed by atoms with E-state index in [4.69, 9.17) is 10.00 Å². The van der Waals surface area contributed by atoms with Crippen molar-refractivity contribution in [2.24, 2.45) is 0 Å². The van der Waals surface area contributed by atoms with Gasteiger partial charge in [-0.2, -0.15) is 5.26 Å². The molecular weight excluding hydrogens is 298 g/mol. The van der Waals surface area contributed by atoms with Crippen LogP contribution in [0.25, 0.3) is 0 Å². The highest BCUT2D eigenvalue weighted by Gasteiger charge is 2.32. The van der Waals surface area contributed by atoms with Gasteiger partial charge in [0.2, 0.25) is 5.91 Å². The third-order valence-corrected chi connectivity index (χ3v) is 5.31. The standard InChI is InChI=1S/C16H19N3O2S/c17-11-13-1-3-14(4-2-13)16-19(15(20)12-22-16)6-5-18-7-9-21-10-8-18/h1-4,16H,5-10,12H2/t16-/m1/s1. The summed E-state index contributed by atoms with van der Waals surface area (Å²) in [5.74, 6) is 0.737. The van der Waals surface area contributed by atoms with E-state index in [2.05, 4.69) is 11.0 Å². The second-order valence-electron chi connectivity index (χ2n) is 5.44. The van der Waals surface area contributed by atoms with Crippen LogP contribution in [0, 0.1) is 11.3 Å². The van der Waals surface area contributed by atoms with Crippen LogP contribution in [-0.4, -0.2) is 60.9 Å². The lowest BCUT2D eigenvalue weighted by molar-refractivity contribution is -0.128. The van der Waals surface area contributed by atoms with E-state index in [-0.39, 0.29) is 11.3 Å². The van der Waals surface area contributed by atoms with Crippen molar-refractivity contribution in [1.29, 1.82) is 5.26 Å². The summed E-state index contributed by atoms with van der Waals surface area (Å²) >= 11 is 1.66. The Morgan fingerprint density at radius 3 is 2.64 bits per heavy atom. The summed E-state index contributed by atoms with van der Waals surface area (Å²) in [6, 6.07) is 9.67. The normalized spacial score (nSPS) is 22.8. The number of morpholine rings is 1. The predicted molar refractivity (Wildman–Crippen MR) is 85.3 cm³/mol. The highest BCUT2D eigenvalue weighted by atomic mass is 32.2. The lowest BCUT2D eigenvalue weighted by atomic mass is 10.1. The molecule has 2 aliphatic heterocycles. The van der Waals surface area contributed by atoms with Crippen LogP contribution in [0.1, 0.15) is 16.5 Å². The highest BCUT2D eigenvalue weighted by Crippen LogP contribution is 2.38. The Balaban J connectivity index is 1.64. The Labute approximate surface area is 134 Å². The lowest BCUT2D eigenvalue weighted by Crippen LogP contribution is -2.42. The number of nitrogens with zero attached hydrogens (tertiary/aromatic N) is 3. The molecule has 1 amide bonds. The number of amides is 1. The van der Waals surface area contributed by atoms with Gasteiger partial charge in [-0.05, 0) is 17.7 Å². The summed E-state index contributed by atoms with van der Waals surface area (Å²) < 4.78 is 5.35. The Morgan fingerprint density at radius 1 is 1.23 bits per heavy atom. The number of rotatable bonds is 4. The quantitative estimate of drug-likeness (QED) is 0.841. The van der Waals surface area contributed by atoms with Crippen LogP contribution < -0.4 is 0 Å². The number of ether oxygens (including phenoxy) is 1. The average Bonchev–Trinajstić information content (AvgIpc) is 2.95. The molecule has 0 N–H and O–H groups in total. The van der Waals surface area contributed by atoms with Crippen LogP contribution in [0.15, 0.2) is 24.3 Å². The number of benzene rings is 1. The minimum Gasteiger partial charge on any atom is -0.379 e. The summed E-state index contributed by atoms with van der Waals surface area (Å²) in [5.41, 5.74) is 1.75. The lowest BCUT2D eigenvalue weighted by Gasteiger charge is -2.30. The number of thioether (sulfide) groups is 1. The van der Waals surface area contributed by atoms with Crippen LogP contribution in [0.5, 0.6) is 0 Å². The summed E-state index contributed by atoms with van der Waals surface area (Å²) in [6.45, 7) is 5.08. The van der Waals surface area contributed by atoms with Crippen molar-refractivity contribution in [2.75, 3.05) is 45.1 Å². The molecule has 0 unspecified atom stereocenters. The molecule has 0 radical (unpaired) electrons. The summed E-state index contributed by atoms with van der Waals surface area (Å²) in [7, 11) is 0. The van der Waals surface area contributed by atoms with Gasteiger partial charge in [0.15, 0.2) is 0 Å². The molecule has 1 aromatic carbocycles. The molecule has 2 fully saturated rings. The smallest absolute Gasteiger partial charge is 0.233 e. The van der Waals surface area contributed by atoms with E-state index in [0.717, 1.165) is 45.0 Å². The van der Waals surface area contributed by atoms with Crippen molar-refractivity contribution >= 4 is 17.7 Å². The van der Waals surface area contributed by atoms with Gasteiger partial charge < -0.3 is 9.64 Å². The fourth-order valence-electron chi connectivity index (χ4n) is 2.77. The van der Waals surface area contributed by atoms with Crippen molar-refractivity contribution in [3.8, 4) is 6.07 Å². The summed E-state index contributed by atoms with van der Waals surface area (Å²) in [6.07, 6.45) is 0. The molecule has 0 aliphatic carbocycles.